The zero-order valence-corrected chi connectivity index (χ0v) is 20.7. The molecule has 8 heteroatoms. The molecule has 0 radical (unpaired) electrons. The molecule has 0 unspecified atom stereocenters. The summed E-state index contributed by atoms with van der Waals surface area (Å²) in [6.45, 7) is 6.42. The van der Waals surface area contributed by atoms with Gasteiger partial charge < -0.3 is 24.8 Å². The topological polar surface area (TPSA) is 94.9 Å². The van der Waals surface area contributed by atoms with E-state index in [1.54, 1.807) is 29.4 Å². The Hall–Kier alpha value is -3.29. The van der Waals surface area contributed by atoms with Crippen molar-refractivity contribution in [1.82, 2.24) is 14.8 Å². The molecule has 1 saturated heterocycles. The zero-order chi connectivity index (χ0) is 24.9. The molecule has 8 nitrogen and oxygen atoms in total. The van der Waals surface area contributed by atoms with E-state index < -0.39 is 11.3 Å². The predicted octanol–water partition coefficient (Wildman–Crippen LogP) is 3.41. The number of benzene rings is 1. The lowest BCUT2D eigenvalue weighted by Gasteiger charge is -2.36. The standard InChI is InChI=1S/C27H36N4O4/c1-19(2)16-28-26(34)21-17-31(20-8-4-3-5-9-20)18-22(25(21)33)27(35)30-14-12-29(13-15-30)23-10-6-7-11-24(23)32/h6-7,10-11,17-20,32H,3-5,8-9,12-16H2,1-2H3,(H,28,34). The van der Waals surface area contributed by atoms with E-state index >= 15 is 0 Å². The van der Waals surface area contributed by atoms with Gasteiger partial charge in [0.15, 0.2) is 0 Å². The van der Waals surface area contributed by atoms with Crippen LogP contribution in [-0.2, 0) is 0 Å². The van der Waals surface area contributed by atoms with Crippen LogP contribution in [0.1, 0.15) is 72.7 Å². The molecule has 2 fully saturated rings. The number of carbonyl (C=O) groups is 2. The molecule has 0 bridgehead atoms. The number of hydrogen-bond donors (Lipinski definition) is 2. The van der Waals surface area contributed by atoms with Crippen LogP contribution in [0.4, 0.5) is 5.69 Å². The van der Waals surface area contributed by atoms with Gasteiger partial charge in [0.05, 0.1) is 5.69 Å². The number of pyridine rings is 1. The molecule has 1 aliphatic heterocycles. The Morgan fingerprint density at radius 1 is 1.00 bits per heavy atom. The number of amides is 2. The van der Waals surface area contributed by atoms with Crippen molar-refractivity contribution in [3.8, 4) is 5.75 Å². The van der Waals surface area contributed by atoms with Crippen LogP contribution in [0.25, 0.3) is 0 Å². The molecular weight excluding hydrogens is 444 g/mol. The zero-order valence-electron chi connectivity index (χ0n) is 20.7. The van der Waals surface area contributed by atoms with Crippen molar-refractivity contribution in [1.29, 1.82) is 0 Å². The van der Waals surface area contributed by atoms with Crippen LogP contribution in [0, 0.1) is 5.92 Å². The van der Waals surface area contributed by atoms with Gasteiger partial charge in [0.2, 0.25) is 5.43 Å². The largest absolute Gasteiger partial charge is 0.506 e. The van der Waals surface area contributed by atoms with E-state index in [4.69, 9.17) is 0 Å². The highest BCUT2D eigenvalue weighted by Gasteiger charge is 2.28. The van der Waals surface area contributed by atoms with Crippen LogP contribution in [0.2, 0.25) is 0 Å². The second-order valence-electron chi connectivity index (χ2n) is 10.0. The number of hydrogen-bond acceptors (Lipinski definition) is 5. The fourth-order valence-electron chi connectivity index (χ4n) is 4.95. The van der Waals surface area contributed by atoms with Gasteiger partial charge in [-0.1, -0.05) is 45.2 Å². The molecule has 2 amide bonds. The molecule has 0 atom stereocenters. The summed E-state index contributed by atoms with van der Waals surface area (Å²) in [6, 6.07) is 7.34. The lowest BCUT2D eigenvalue weighted by Crippen LogP contribution is -2.50. The number of piperazine rings is 1. The molecule has 2 heterocycles. The van der Waals surface area contributed by atoms with Gasteiger partial charge in [-0.25, -0.2) is 0 Å². The van der Waals surface area contributed by atoms with E-state index in [0.717, 1.165) is 31.4 Å². The first-order valence-electron chi connectivity index (χ1n) is 12.7. The van der Waals surface area contributed by atoms with Crippen molar-refractivity contribution in [3.05, 3.63) is 58.0 Å². The minimum absolute atomic E-state index is 0.0370. The molecule has 2 N–H and O–H groups in total. The summed E-state index contributed by atoms with van der Waals surface area (Å²) in [5.74, 6) is -0.297. The molecular formula is C27H36N4O4. The van der Waals surface area contributed by atoms with Crippen LogP contribution < -0.4 is 15.6 Å². The van der Waals surface area contributed by atoms with Crippen LogP contribution in [0.3, 0.4) is 0 Å². The van der Waals surface area contributed by atoms with E-state index in [9.17, 15) is 19.5 Å². The van der Waals surface area contributed by atoms with E-state index in [1.807, 2.05) is 35.4 Å². The van der Waals surface area contributed by atoms with Crippen molar-refractivity contribution < 1.29 is 14.7 Å². The molecule has 1 aromatic carbocycles. The summed E-state index contributed by atoms with van der Waals surface area (Å²) in [4.78, 5) is 43.5. The highest BCUT2D eigenvalue weighted by atomic mass is 16.3. The van der Waals surface area contributed by atoms with Crippen molar-refractivity contribution >= 4 is 17.5 Å². The normalized spacial score (nSPS) is 17.0. The number of rotatable bonds is 6. The Balaban J connectivity index is 1.58. The lowest BCUT2D eigenvalue weighted by molar-refractivity contribution is 0.0744. The monoisotopic (exact) mass is 480 g/mol. The van der Waals surface area contributed by atoms with Gasteiger partial charge >= 0.3 is 0 Å². The van der Waals surface area contributed by atoms with Crippen LogP contribution >= 0.6 is 0 Å². The molecule has 4 rings (SSSR count). The van der Waals surface area contributed by atoms with Crippen LogP contribution in [-0.4, -0.2) is 59.1 Å². The van der Waals surface area contributed by atoms with Crippen molar-refractivity contribution in [2.75, 3.05) is 37.6 Å². The first-order valence-corrected chi connectivity index (χ1v) is 12.7. The van der Waals surface area contributed by atoms with Gasteiger partial charge in [-0.3, -0.25) is 14.4 Å². The number of aromatic nitrogens is 1. The number of nitrogens with one attached hydrogen (secondary N) is 1. The molecule has 188 valence electrons. The predicted molar refractivity (Wildman–Crippen MR) is 136 cm³/mol. The first-order chi connectivity index (χ1) is 16.8. The van der Waals surface area contributed by atoms with Gasteiger partial charge in [0, 0.05) is 51.2 Å². The maximum atomic E-state index is 13.5. The van der Waals surface area contributed by atoms with Gasteiger partial charge in [-0.05, 0) is 30.9 Å². The smallest absolute Gasteiger partial charge is 0.259 e. The summed E-state index contributed by atoms with van der Waals surface area (Å²) < 4.78 is 1.93. The fraction of sp³-hybridized carbons (Fsp3) is 0.519. The van der Waals surface area contributed by atoms with E-state index in [0.29, 0.717) is 32.7 Å². The maximum absolute atomic E-state index is 13.5. The Labute approximate surface area is 206 Å². The molecule has 1 saturated carbocycles. The fourth-order valence-corrected chi connectivity index (χ4v) is 4.95. The van der Waals surface area contributed by atoms with Crippen LogP contribution in [0.15, 0.2) is 41.5 Å². The number of aromatic hydroxyl groups is 1. The molecule has 1 aromatic heterocycles. The number of phenols is 1. The number of para-hydroxylation sites is 2. The van der Waals surface area contributed by atoms with Gasteiger partial charge in [-0.2, -0.15) is 0 Å². The average molecular weight is 481 g/mol. The van der Waals surface area contributed by atoms with Crippen molar-refractivity contribution in [3.63, 3.8) is 0 Å². The average Bonchev–Trinajstić information content (AvgIpc) is 2.88. The third-order valence-corrected chi connectivity index (χ3v) is 6.98. The molecule has 2 aliphatic rings. The van der Waals surface area contributed by atoms with Crippen molar-refractivity contribution in [2.24, 2.45) is 5.92 Å². The Morgan fingerprint density at radius 3 is 2.31 bits per heavy atom. The Morgan fingerprint density at radius 2 is 1.66 bits per heavy atom. The molecule has 1 aliphatic carbocycles. The maximum Gasteiger partial charge on any atom is 0.259 e. The van der Waals surface area contributed by atoms with Gasteiger partial charge in [0.25, 0.3) is 11.8 Å². The number of nitrogens with zero attached hydrogens (tertiary/aromatic N) is 3. The Kier molecular flexibility index (Phi) is 7.78. The summed E-state index contributed by atoms with van der Waals surface area (Å²) >= 11 is 0. The second-order valence-corrected chi connectivity index (χ2v) is 10.0. The summed E-state index contributed by atoms with van der Waals surface area (Å²) in [7, 11) is 0. The minimum atomic E-state index is -0.508. The van der Waals surface area contributed by atoms with E-state index in [2.05, 4.69) is 5.32 Å². The third kappa shape index (κ3) is 5.69. The third-order valence-electron chi connectivity index (χ3n) is 6.98. The highest BCUT2D eigenvalue weighted by molar-refractivity contribution is 5.99. The number of phenolic OH excluding ortho intramolecular Hbond substituents is 1. The highest BCUT2D eigenvalue weighted by Crippen LogP contribution is 2.29. The first kappa shape index (κ1) is 24.8. The molecule has 35 heavy (non-hydrogen) atoms. The number of carbonyl (C=O) groups excluding carboxylic acids is 2. The molecule has 2 aromatic rings. The quantitative estimate of drug-likeness (QED) is 0.661. The van der Waals surface area contributed by atoms with Gasteiger partial charge in [0.1, 0.15) is 16.9 Å². The van der Waals surface area contributed by atoms with E-state index in [1.165, 1.54) is 6.42 Å². The van der Waals surface area contributed by atoms with E-state index in [-0.39, 0.29) is 34.7 Å². The number of anilines is 1. The van der Waals surface area contributed by atoms with Gasteiger partial charge in [-0.15, -0.1) is 0 Å². The molecule has 0 spiro atoms. The summed E-state index contributed by atoms with van der Waals surface area (Å²) in [5.41, 5.74) is 0.327. The van der Waals surface area contributed by atoms with Crippen LogP contribution in [0.5, 0.6) is 5.75 Å². The summed E-state index contributed by atoms with van der Waals surface area (Å²) in [6.07, 6.45) is 8.64. The summed E-state index contributed by atoms with van der Waals surface area (Å²) in [5, 5.41) is 13.0. The lowest BCUT2D eigenvalue weighted by atomic mass is 9.95. The minimum Gasteiger partial charge on any atom is -0.506 e. The SMILES string of the molecule is CC(C)CNC(=O)c1cn(C2CCCCC2)cc(C(=O)N2CCN(c3ccccc3O)CC2)c1=O. The Bertz CT molecular complexity index is 1110. The van der Waals surface area contributed by atoms with Crippen molar-refractivity contribution in [2.45, 2.75) is 52.0 Å². The second kappa shape index (κ2) is 11.0.